The number of aliphatic carboxylic acids is 1. The van der Waals surface area contributed by atoms with Gasteiger partial charge in [0.15, 0.2) is 0 Å². The van der Waals surface area contributed by atoms with Crippen molar-refractivity contribution in [3.8, 4) is 0 Å². The van der Waals surface area contributed by atoms with Crippen molar-refractivity contribution in [2.24, 2.45) is 23.2 Å². The van der Waals surface area contributed by atoms with Gasteiger partial charge in [-0.2, -0.15) is 0 Å². The second-order valence-electron chi connectivity index (χ2n) is 7.52. The molecule has 0 amide bonds. The molecule has 1 N–H and O–H groups in total. The standard InChI is InChI=1S/C16H27NO2/c1-2-3-17(10-15(18)19)11-16-7-12-4-13(8-16)6-14(5-12)9-16/h12-14H,2-11H2,1H3,(H,18,19). The summed E-state index contributed by atoms with van der Waals surface area (Å²) >= 11 is 0. The molecule has 3 heteroatoms. The number of hydrogen-bond acceptors (Lipinski definition) is 2. The van der Waals surface area contributed by atoms with E-state index in [2.05, 4.69) is 11.8 Å². The van der Waals surface area contributed by atoms with Gasteiger partial charge in [0.2, 0.25) is 0 Å². The number of rotatable bonds is 6. The summed E-state index contributed by atoms with van der Waals surface area (Å²) in [6.07, 6.45) is 9.57. The van der Waals surface area contributed by atoms with Crippen LogP contribution in [0.25, 0.3) is 0 Å². The highest BCUT2D eigenvalue weighted by atomic mass is 16.4. The average Bonchev–Trinajstić information content (AvgIpc) is 2.25. The highest BCUT2D eigenvalue weighted by Crippen LogP contribution is 2.60. The van der Waals surface area contributed by atoms with Crippen LogP contribution in [0.5, 0.6) is 0 Å². The quantitative estimate of drug-likeness (QED) is 0.802. The summed E-state index contributed by atoms with van der Waals surface area (Å²) in [4.78, 5) is 13.2. The van der Waals surface area contributed by atoms with E-state index >= 15 is 0 Å². The molecule has 108 valence electrons. The van der Waals surface area contributed by atoms with Gasteiger partial charge in [-0.05, 0) is 74.7 Å². The van der Waals surface area contributed by atoms with Gasteiger partial charge in [-0.1, -0.05) is 6.92 Å². The molecule has 4 aliphatic rings. The summed E-state index contributed by atoms with van der Waals surface area (Å²) in [5, 5.41) is 9.08. The van der Waals surface area contributed by atoms with Crippen molar-refractivity contribution >= 4 is 5.97 Å². The second kappa shape index (κ2) is 5.08. The van der Waals surface area contributed by atoms with Crippen molar-refractivity contribution in [2.75, 3.05) is 19.6 Å². The lowest BCUT2D eigenvalue weighted by atomic mass is 9.49. The molecular formula is C16H27NO2. The smallest absolute Gasteiger partial charge is 0.317 e. The summed E-state index contributed by atoms with van der Waals surface area (Å²) in [7, 11) is 0. The zero-order chi connectivity index (χ0) is 13.5. The maximum Gasteiger partial charge on any atom is 0.317 e. The van der Waals surface area contributed by atoms with Gasteiger partial charge in [0, 0.05) is 6.54 Å². The molecule has 0 saturated heterocycles. The molecule has 0 radical (unpaired) electrons. The molecule has 4 rings (SSSR count). The third kappa shape index (κ3) is 2.81. The lowest BCUT2D eigenvalue weighted by molar-refractivity contribution is -0.139. The van der Waals surface area contributed by atoms with Gasteiger partial charge in [0.25, 0.3) is 0 Å². The number of carboxylic acids is 1. The Morgan fingerprint density at radius 3 is 2.11 bits per heavy atom. The molecule has 0 unspecified atom stereocenters. The fraction of sp³-hybridized carbons (Fsp3) is 0.938. The van der Waals surface area contributed by atoms with Crippen LogP contribution >= 0.6 is 0 Å². The van der Waals surface area contributed by atoms with Crippen molar-refractivity contribution in [2.45, 2.75) is 51.9 Å². The van der Waals surface area contributed by atoms with Crippen LogP contribution in [-0.4, -0.2) is 35.6 Å². The molecule has 0 heterocycles. The first-order chi connectivity index (χ1) is 9.08. The zero-order valence-corrected chi connectivity index (χ0v) is 12.1. The van der Waals surface area contributed by atoms with Gasteiger partial charge in [0.05, 0.1) is 6.54 Å². The molecule has 4 saturated carbocycles. The largest absolute Gasteiger partial charge is 0.480 e. The van der Waals surface area contributed by atoms with Crippen LogP contribution < -0.4 is 0 Å². The molecule has 3 nitrogen and oxygen atoms in total. The summed E-state index contributed by atoms with van der Waals surface area (Å²) in [5.74, 6) is 2.21. The van der Waals surface area contributed by atoms with Gasteiger partial charge in [-0.15, -0.1) is 0 Å². The predicted molar refractivity (Wildman–Crippen MR) is 75.0 cm³/mol. The van der Waals surface area contributed by atoms with Crippen LogP contribution in [0.1, 0.15) is 51.9 Å². The van der Waals surface area contributed by atoms with Gasteiger partial charge in [-0.25, -0.2) is 0 Å². The molecule has 0 aromatic rings. The predicted octanol–water partition coefficient (Wildman–Crippen LogP) is 3.00. The van der Waals surface area contributed by atoms with Crippen LogP contribution in [0.4, 0.5) is 0 Å². The van der Waals surface area contributed by atoms with E-state index in [4.69, 9.17) is 5.11 Å². The number of carbonyl (C=O) groups is 1. The fourth-order valence-corrected chi connectivity index (χ4v) is 5.68. The first-order valence-corrected chi connectivity index (χ1v) is 8.03. The molecule has 4 bridgehead atoms. The van der Waals surface area contributed by atoms with Crippen LogP contribution in [0.2, 0.25) is 0 Å². The monoisotopic (exact) mass is 265 g/mol. The van der Waals surface area contributed by atoms with Crippen molar-refractivity contribution in [3.05, 3.63) is 0 Å². The average molecular weight is 265 g/mol. The molecule has 0 aromatic carbocycles. The first kappa shape index (κ1) is 13.4. The Labute approximate surface area is 116 Å². The minimum atomic E-state index is -0.668. The SMILES string of the molecule is CCCN(CC(=O)O)CC12CC3CC(CC(C3)C1)C2. The van der Waals surface area contributed by atoms with Crippen molar-refractivity contribution < 1.29 is 9.90 Å². The number of nitrogens with zero attached hydrogens (tertiary/aromatic N) is 1. The van der Waals surface area contributed by atoms with E-state index in [0.717, 1.165) is 37.3 Å². The van der Waals surface area contributed by atoms with E-state index < -0.39 is 5.97 Å². The van der Waals surface area contributed by atoms with E-state index in [9.17, 15) is 4.79 Å². The van der Waals surface area contributed by atoms with Gasteiger partial charge in [0.1, 0.15) is 0 Å². The maximum absolute atomic E-state index is 11.0. The van der Waals surface area contributed by atoms with Crippen molar-refractivity contribution in [1.29, 1.82) is 0 Å². The summed E-state index contributed by atoms with van der Waals surface area (Å²) in [5.41, 5.74) is 0.472. The Kier molecular flexibility index (Phi) is 3.59. The van der Waals surface area contributed by atoms with Crippen LogP contribution in [0.3, 0.4) is 0 Å². The topological polar surface area (TPSA) is 40.5 Å². The van der Waals surface area contributed by atoms with Gasteiger partial charge >= 0.3 is 5.97 Å². The fourth-order valence-electron chi connectivity index (χ4n) is 5.68. The van der Waals surface area contributed by atoms with Gasteiger partial charge < -0.3 is 5.11 Å². The Hall–Kier alpha value is -0.570. The Morgan fingerprint density at radius 1 is 1.16 bits per heavy atom. The zero-order valence-electron chi connectivity index (χ0n) is 12.1. The molecule has 0 atom stereocenters. The summed E-state index contributed by atoms with van der Waals surface area (Å²) in [6, 6.07) is 0. The molecule has 0 aromatic heterocycles. The Bertz CT molecular complexity index is 317. The van der Waals surface area contributed by atoms with E-state index in [1.54, 1.807) is 0 Å². The second-order valence-corrected chi connectivity index (χ2v) is 7.52. The van der Waals surface area contributed by atoms with Crippen LogP contribution in [-0.2, 0) is 4.79 Å². The van der Waals surface area contributed by atoms with E-state index in [1.807, 2.05) is 0 Å². The molecule has 4 aliphatic carbocycles. The molecule has 0 spiro atoms. The van der Waals surface area contributed by atoms with Crippen LogP contribution in [0.15, 0.2) is 0 Å². The van der Waals surface area contributed by atoms with E-state index in [0.29, 0.717) is 5.41 Å². The van der Waals surface area contributed by atoms with E-state index in [1.165, 1.54) is 38.5 Å². The maximum atomic E-state index is 11.0. The first-order valence-electron chi connectivity index (χ1n) is 8.03. The molecular weight excluding hydrogens is 238 g/mol. The summed E-state index contributed by atoms with van der Waals surface area (Å²) < 4.78 is 0. The van der Waals surface area contributed by atoms with Crippen LogP contribution in [0, 0.1) is 23.2 Å². The third-order valence-corrected chi connectivity index (χ3v) is 5.62. The molecule has 19 heavy (non-hydrogen) atoms. The minimum absolute atomic E-state index is 0.232. The lowest BCUT2D eigenvalue weighted by Crippen LogP contribution is -2.52. The Balaban J connectivity index is 1.68. The van der Waals surface area contributed by atoms with Crippen molar-refractivity contribution in [3.63, 3.8) is 0 Å². The minimum Gasteiger partial charge on any atom is -0.480 e. The van der Waals surface area contributed by atoms with Crippen molar-refractivity contribution in [1.82, 2.24) is 4.90 Å². The normalized spacial score (nSPS) is 40.0. The lowest BCUT2D eigenvalue weighted by Gasteiger charge is -2.58. The Morgan fingerprint density at radius 2 is 1.68 bits per heavy atom. The number of hydrogen-bond donors (Lipinski definition) is 1. The third-order valence-electron chi connectivity index (χ3n) is 5.62. The molecule has 4 fully saturated rings. The highest BCUT2D eigenvalue weighted by molar-refractivity contribution is 5.69. The van der Waals surface area contributed by atoms with Gasteiger partial charge in [-0.3, -0.25) is 9.69 Å². The molecule has 0 aliphatic heterocycles. The summed E-state index contributed by atoms with van der Waals surface area (Å²) in [6.45, 7) is 4.36. The highest BCUT2D eigenvalue weighted by Gasteiger charge is 2.51. The van der Waals surface area contributed by atoms with E-state index in [-0.39, 0.29) is 6.54 Å². The number of carboxylic acid groups (broad SMARTS) is 1.